The molecule has 1 aromatic rings. The van der Waals surface area contributed by atoms with E-state index in [-0.39, 0.29) is 6.61 Å². The Kier molecular flexibility index (Phi) is 5.81. The summed E-state index contributed by atoms with van der Waals surface area (Å²) < 4.78 is 6.89. The Hall–Kier alpha value is -1.14. The Morgan fingerprint density at radius 1 is 1.56 bits per heavy atom. The lowest BCUT2D eigenvalue weighted by atomic mass is 10.4. The van der Waals surface area contributed by atoms with Crippen LogP contribution in [0.15, 0.2) is 34.6 Å². The number of nitrogens with zero attached hydrogens (tertiary/aromatic N) is 3. The van der Waals surface area contributed by atoms with Gasteiger partial charge >= 0.3 is 0 Å². The molecule has 0 amide bonds. The highest BCUT2D eigenvalue weighted by Crippen LogP contribution is 1.88. The van der Waals surface area contributed by atoms with E-state index in [1.807, 2.05) is 29.0 Å². The maximum Gasteiger partial charge on any atom is 0.206 e. The SMILES string of the molecule is CC(=N/N=c1\ccccn1CCO)OCBr. The van der Waals surface area contributed by atoms with Crippen LogP contribution in [0.5, 0.6) is 0 Å². The van der Waals surface area contributed by atoms with Crippen molar-refractivity contribution < 1.29 is 9.84 Å². The van der Waals surface area contributed by atoms with Crippen LogP contribution in [0.3, 0.4) is 0 Å². The minimum Gasteiger partial charge on any atom is -0.468 e. The number of alkyl halides is 1. The Morgan fingerprint density at radius 3 is 3.06 bits per heavy atom. The highest BCUT2D eigenvalue weighted by molar-refractivity contribution is 9.09. The molecule has 0 aliphatic rings. The van der Waals surface area contributed by atoms with Crippen LogP contribution in [0.2, 0.25) is 0 Å². The number of hydrogen-bond acceptors (Lipinski definition) is 4. The molecule has 0 saturated carbocycles. The van der Waals surface area contributed by atoms with E-state index >= 15 is 0 Å². The first-order valence-corrected chi connectivity index (χ1v) is 5.93. The van der Waals surface area contributed by atoms with Crippen molar-refractivity contribution in [1.82, 2.24) is 4.57 Å². The van der Waals surface area contributed by atoms with Gasteiger partial charge in [0.15, 0.2) is 5.49 Å². The first-order chi connectivity index (χ1) is 7.77. The lowest BCUT2D eigenvalue weighted by Crippen LogP contribution is -2.21. The van der Waals surface area contributed by atoms with Crippen LogP contribution in [0, 0.1) is 0 Å². The molecule has 5 nitrogen and oxygen atoms in total. The second-order valence-corrected chi connectivity index (χ2v) is 3.41. The molecule has 0 aromatic carbocycles. The molecule has 0 bridgehead atoms. The monoisotopic (exact) mass is 287 g/mol. The van der Waals surface area contributed by atoms with Crippen LogP contribution in [-0.4, -0.2) is 27.7 Å². The third-order valence-corrected chi connectivity index (χ3v) is 2.04. The number of aliphatic hydroxyl groups excluding tert-OH is 1. The summed E-state index contributed by atoms with van der Waals surface area (Å²) in [6.07, 6.45) is 1.84. The van der Waals surface area contributed by atoms with Gasteiger partial charge in [-0.3, -0.25) is 0 Å². The maximum absolute atomic E-state index is 8.88. The molecule has 16 heavy (non-hydrogen) atoms. The molecule has 0 spiro atoms. The van der Waals surface area contributed by atoms with Gasteiger partial charge in [-0.25, -0.2) is 0 Å². The van der Waals surface area contributed by atoms with Crippen molar-refractivity contribution in [3.63, 3.8) is 0 Å². The molecular formula is C10H14BrN3O2. The van der Waals surface area contributed by atoms with Gasteiger partial charge in [-0.2, -0.15) is 0 Å². The molecule has 1 heterocycles. The number of aromatic nitrogens is 1. The van der Waals surface area contributed by atoms with Gasteiger partial charge in [-0.1, -0.05) is 6.07 Å². The Bertz CT molecular complexity index is 415. The first-order valence-electron chi connectivity index (χ1n) is 4.81. The number of rotatable bonds is 4. The summed E-state index contributed by atoms with van der Waals surface area (Å²) >= 11 is 3.13. The fourth-order valence-corrected chi connectivity index (χ4v) is 1.42. The molecule has 0 fully saturated rings. The molecule has 1 rings (SSSR count). The highest BCUT2D eigenvalue weighted by atomic mass is 79.9. The topological polar surface area (TPSA) is 59.1 Å². The van der Waals surface area contributed by atoms with Crippen molar-refractivity contribution in [3.05, 3.63) is 29.9 Å². The van der Waals surface area contributed by atoms with E-state index < -0.39 is 0 Å². The van der Waals surface area contributed by atoms with Crippen LogP contribution < -0.4 is 5.49 Å². The molecule has 0 unspecified atom stereocenters. The van der Waals surface area contributed by atoms with E-state index in [4.69, 9.17) is 9.84 Å². The van der Waals surface area contributed by atoms with Gasteiger partial charge in [0.2, 0.25) is 5.90 Å². The third-order valence-electron chi connectivity index (χ3n) is 1.81. The molecular weight excluding hydrogens is 274 g/mol. The quantitative estimate of drug-likeness (QED) is 0.390. The van der Waals surface area contributed by atoms with E-state index in [2.05, 4.69) is 26.1 Å². The zero-order valence-electron chi connectivity index (χ0n) is 9.01. The Balaban J connectivity index is 2.93. The van der Waals surface area contributed by atoms with Gasteiger partial charge in [0.25, 0.3) is 0 Å². The van der Waals surface area contributed by atoms with Crippen molar-refractivity contribution in [2.24, 2.45) is 10.2 Å². The van der Waals surface area contributed by atoms with Crippen molar-refractivity contribution in [2.75, 3.05) is 12.1 Å². The minimum absolute atomic E-state index is 0.0673. The lowest BCUT2D eigenvalue weighted by Gasteiger charge is -2.03. The Labute approximate surface area is 102 Å². The second-order valence-electron chi connectivity index (χ2n) is 2.95. The summed E-state index contributed by atoms with van der Waals surface area (Å²) in [5.41, 5.74) is 1.07. The number of ether oxygens (including phenoxy) is 1. The molecule has 0 atom stereocenters. The van der Waals surface area contributed by atoms with Crippen molar-refractivity contribution >= 4 is 21.8 Å². The highest BCUT2D eigenvalue weighted by Gasteiger charge is 1.91. The molecule has 6 heteroatoms. The first kappa shape index (κ1) is 12.9. The summed E-state index contributed by atoms with van der Waals surface area (Å²) in [7, 11) is 0. The van der Waals surface area contributed by atoms with Gasteiger partial charge in [-0.15, -0.1) is 10.2 Å². The van der Waals surface area contributed by atoms with Crippen LogP contribution in [0.1, 0.15) is 6.92 Å². The zero-order valence-corrected chi connectivity index (χ0v) is 10.6. The molecule has 88 valence electrons. The van der Waals surface area contributed by atoms with Gasteiger partial charge in [0, 0.05) is 19.7 Å². The smallest absolute Gasteiger partial charge is 0.206 e. The molecule has 0 radical (unpaired) electrons. The molecule has 0 aliphatic heterocycles. The number of hydrogen-bond donors (Lipinski definition) is 1. The third kappa shape index (κ3) is 4.16. The normalized spacial score (nSPS) is 12.9. The molecule has 1 aromatic heterocycles. The average molecular weight is 288 g/mol. The van der Waals surface area contributed by atoms with Crippen LogP contribution >= 0.6 is 15.9 Å². The zero-order chi connectivity index (χ0) is 11.8. The summed E-state index contributed by atoms with van der Waals surface area (Å²) in [5.74, 6) is 0.483. The maximum atomic E-state index is 8.88. The fraction of sp³-hybridized carbons (Fsp3) is 0.400. The van der Waals surface area contributed by atoms with E-state index in [0.29, 0.717) is 23.4 Å². The van der Waals surface area contributed by atoms with E-state index in [9.17, 15) is 0 Å². The number of halogens is 1. The minimum atomic E-state index is 0.0673. The molecule has 0 saturated heterocycles. The Morgan fingerprint density at radius 2 is 2.38 bits per heavy atom. The molecule has 0 aliphatic carbocycles. The number of aliphatic hydroxyl groups is 1. The second kappa shape index (κ2) is 7.19. The van der Waals surface area contributed by atoms with Gasteiger partial charge < -0.3 is 14.4 Å². The van der Waals surface area contributed by atoms with Gasteiger partial charge in [-0.05, 0) is 28.1 Å². The number of pyridine rings is 1. The summed E-state index contributed by atoms with van der Waals surface area (Å²) in [4.78, 5) is 0. The van der Waals surface area contributed by atoms with Crippen LogP contribution in [0.4, 0.5) is 0 Å². The van der Waals surface area contributed by atoms with Crippen LogP contribution in [0.25, 0.3) is 0 Å². The standard InChI is InChI=1S/C10H14BrN3O2/c1-9(16-8-11)12-13-10-4-2-3-5-14(10)6-7-15/h2-5,15H,6-8H2,1H3/b12-9?,13-10+. The fourth-order valence-electron chi connectivity index (χ4n) is 1.08. The van der Waals surface area contributed by atoms with Crippen molar-refractivity contribution in [3.8, 4) is 0 Å². The van der Waals surface area contributed by atoms with E-state index in [1.165, 1.54) is 0 Å². The van der Waals surface area contributed by atoms with Crippen LogP contribution in [-0.2, 0) is 11.3 Å². The van der Waals surface area contributed by atoms with Crippen molar-refractivity contribution in [2.45, 2.75) is 13.5 Å². The summed E-state index contributed by atoms with van der Waals surface area (Å²) in [6, 6.07) is 5.56. The van der Waals surface area contributed by atoms with Crippen molar-refractivity contribution in [1.29, 1.82) is 0 Å². The molecule has 1 N–H and O–H groups in total. The van der Waals surface area contributed by atoms with E-state index in [0.717, 1.165) is 0 Å². The van der Waals surface area contributed by atoms with Gasteiger partial charge in [0.1, 0.15) is 5.52 Å². The summed E-state index contributed by atoms with van der Waals surface area (Å²) in [6.45, 7) is 2.29. The van der Waals surface area contributed by atoms with Gasteiger partial charge in [0.05, 0.1) is 6.61 Å². The largest absolute Gasteiger partial charge is 0.468 e. The summed E-state index contributed by atoms with van der Waals surface area (Å²) in [5, 5.41) is 16.8. The average Bonchev–Trinajstić information content (AvgIpc) is 2.29. The predicted molar refractivity (Wildman–Crippen MR) is 65.1 cm³/mol. The lowest BCUT2D eigenvalue weighted by molar-refractivity contribution is 0.273. The predicted octanol–water partition coefficient (Wildman–Crippen LogP) is 1.08. The van der Waals surface area contributed by atoms with E-state index in [1.54, 1.807) is 6.92 Å².